The van der Waals surface area contributed by atoms with Crippen LogP contribution < -0.4 is 15.4 Å². The number of ether oxygens (including phenoxy) is 1. The van der Waals surface area contributed by atoms with Crippen molar-refractivity contribution in [3.63, 3.8) is 0 Å². The monoisotopic (exact) mass is 419 g/mol. The van der Waals surface area contributed by atoms with E-state index in [2.05, 4.69) is 61.5 Å². The largest absolute Gasteiger partial charge is 0.496 e. The Morgan fingerprint density at radius 3 is 2.64 bits per heavy atom. The second kappa shape index (κ2) is 11.6. The first kappa shape index (κ1) is 21.0. The molecule has 1 aromatic carbocycles. The fourth-order valence-electron chi connectivity index (χ4n) is 1.97. The van der Waals surface area contributed by atoms with E-state index in [4.69, 9.17) is 4.74 Å². The molecule has 0 saturated heterocycles. The summed E-state index contributed by atoms with van der Waals surface area (Å²) in [6.07, 6.45) is 1.99. The fourth-order valence-corrected chi connectivity index (χ4v) is 1.97. The third-order valence-electron chi connectivity index (χ3n) is 3.48. The van der Waals surface area contributed by atoms with Crippen molar-refractivity contribution in [3.05, 3.63) is 29.3 Å². The van der Waals surface area contributed by atoms with Gasteiger partial charge in [0.2, 0.25) is 0 Å². The van der Waals surface area contributed by atoms with Gasteiger partial charge in [-0.3, -0.25) is 4.99 Å². The van der Waals surface area contributed by atoms with Crippen LogP contribution in [0.5, 0.6) is 5.75 Å². The molecule has 0 radical (unpaired) electrons. The second-order valence-corrected chi connectivity index (χ2v) is 5.27. The zero-order chi connectivity index (χ0) is 15.7. The lowest BCUT2D eigenvalue weighted by Gasteiger charge is -2.16. The highest BCUT2D eigenvalue weighted by Gasteiger charge is 2.03. The average Bonchev–Trinajstić information content (AvgIpc) is 2.48. The van der Waals surface area contributed by atoms with Crippen LogP contribution in [0.15, 0.2) is 23.2 Å². The number of nitrogens with zero attached hydrogens (tertiary/aromatic N) is 1. The number of guanidine groups is 1. The van der Waals surface area contributed by atoms with E-state index < -0.39 is 0 Å². The van der Waals surface area contributed by atoms with Crippen LogP contribution >= 0.6 is 24.0 Å². The Bertz CT molecular complexity index is 463. The van der Waals surface area contributed by atoms with Crippen LogP contribution in [0, 0.1) is 6.92 Å². The van der Waals surface area contributed by atoms with Crippen LogP contribution in [0.4, 0.5) is 0 Å². The Morgan fingerprint density at radius 1 is 1.32 bits per heavy atom. The molecule has 0 bridgehead atoms. The van der Waals surface area contributed by atoms with Gasteiger partial charge in [0.15, 0.2) is 5.96 Å². The minimum atomic E-state index is 0. The van der Waals surface area contributed by atoms with Gasteiger partial charge >= 0.3 is 0 Å². The smallest absolute Gasteiger partial charge is 0.191 e. The normalized spacial score (nSPS) is 12.3. The highest BCUT2D eigenvalue weighted by atomic mass is 127. The fraction of sp³-hybridized carbons (Fsp3) is 0.588. The van der Waals surface area contributed by atoms with Crippen molar-refractivity contribution < 1.29 is 4.74 Å². The molecule has 0 aliphatic rings. The summed E-state index contributed by atoms with van der Waals surface area (Å²) >= 11 is 0. The number of halogens is 1. The minimum Gasteiger partial charge on any atom is -0.496 e. The van der Waals surface area contributed by atoms with Gasteiger partial charge in [0, 0.05) is 19.1 Å². The van der Waals surface area contributed by atoms with Crippen LogP contribution in [0.2, 0.25) is 0 Å². The highest BCUT2D eigenvalue weighted by molar-refractivity contribution is 14.0. The molecule has 0 fully saturated rings. The summed E-state index contributed by atoms with van der Waals surface area (Å²) in [5.41, 5.74) is 2.41. The topological polar surface area (TPSA) is 45.7 Å². The van der Waals surface area contributed by atoms with Crippen molar-refractivity contribution in [3.8, 4) is 5.75 Å². The van der Waals surface area contributed by atoms with Gasteiger partial charge in [-0.1, -0.05) is 19.1 Å². The van der Waals surface area contributed by atoms with E-state index in [1.165, 1.54) is 5.56 Å². The van der Waals surface area contributed by atoms with Gasteiger partial charge in [-0.2, -0.15) is 0 Å². The number of aliphatic imine (C=N–C) groups is 1. The number of rotatable bonds is 7. The van der Waals surface area contributed by atoms with Gasteiger partial charge < -0.3 is 15.4 Å². The molecule has 0 spiro atoms. The van der Waals surface area contributed by atoms with Gasteiger partial charge in [0.25, 0.3) is 0 Å². The summed E-state index contributed by atoms with van der Waals surface area (Å²) in [7, 11) is 1.71. The Morgan fingerprint density at radius 2 is 2.05 bits per heavy atom. The van der Waals surface area contributed by atoms with Crippen molar-refractivity contribution in [2.45, 2.75) is 46.6 Å². The zero-order valence-electron chi connectivity index (χ0n) is 14.4. The van der Waals surface area contributed by atoms with Crippen LogP contribution in [0.25, 0.3) is 0 Å². The van der Waals surface area contributed by atoms with Crippen molar-refractivity contribution in [1.82, 2.24) is 10.6 Å². The molecule has 0 aliphatic heterocycles. The molecule has 1 rings (SSSR count). The summed E-state index contributed by atoms with van der Waals surface area (Å²) in [5, 5.41) is 6.68. The van der Waals surface area contributed by atoms with Crippen LogP contribution in [0.1, 0.15) is 38.3 Å². The zero-order valence-corrected chi connectivity index (χ0v) is 16.7. The Balaban J connectivity index is 0.00000441. The number of aryl methyl sites for hydroxylation is 1. The molecule has 5 heteroatoms. The van der Waals surface area contributed by atoms with E-state index in [0.717, 1.165) is 43.2 Å². The molecule has 0 aliphatic carbocycles. The standard InChI is InChI=1S/C17H29N3O.HI/c1-6-14(4)20-17(18-7-2)19-11-10-15-9-8-13(3)16(12-15)21-5;/h8-9,12,14H,6-7,10-11H2,1-5H3,(H2,18,19,20);1H. The van der Waals surface area contributed by atoms with E-state index in [1.54, 1.807) is 7.11 Å². The summed E-state index contributed by atoms with van der Waals surface area (Å²) in [5.74, 6) is 1.84. The first-order valence-electron chi connectivity index (χ1n) is 7.79. The van der Waals surface area contributed by atoms with E-state index >= 15 is 0 Å². The van der Waals surface area contributed by atoms with E-state index in [-0.39, 0.29) is 24.0 Å². The van der Waals surface area contributed by atoms with Gasteiger partial charge in [0.05, 0.1) is 7.11 Å². The van der Waals surface area contributed by atoms with E-state index in [1.807, 2.05) is 0 Å². The lowest BCUT2D eigenvalue weighted by molar-refractivity contribution is 0.411. The summed E-state index contributed by atoms with van der Waals surface area (Å²) in [6.45, 7) is 10.1. The summed E-state index contributed by atoms with van der Waals surface area (Å²) in [4.78, 5) is 4.63. The van der Waals surface area contributed by atoms with Crippen molar-refractivity contribution in [2.24, 2.45) is 4.99 Å². The molecule has 22 heavy (non-hydrogen) atoms. The molecular formula is C17H30IN3O. The van der Waals surface area contributed by atoms with Gasteiger partial charge in [0.1, 0.15) is 5.75 Å². The van der Waals surface area contributed by atoms with Gasteiger partial charge in [-0.25, -0.2) is 0 Å². The van der Waals surface area contributed by atoms with Gasteiger partial charge in [-0.05, 0) is 50.8 Å². The number of hydrogen-bond acceptors (Lipinski definition) is 2. The number of hydrogen-bond donors (Lipinski definition) is 2. The quantitative estimate of drug-likeness (QED) is 0.404. The SMILES string of the molecule is CCNC(=NCCc1ccc(C)c(OC)c1)NC(C)CC.I. The molecule has 0 heterocycles. The van der Waals surface area contributed by atoms with E-state index in [0.29, 0.717) is 6.04 Å². The lowest BCUT2D eigenvalue weighted by Crippen LogP contribution is -2.42. The first-order valence-corrected chi connectivity index (χ1v) is 7.79. The molecule has 126 valence electrons. The Hall–Kier alpha value is -0.980. The third-order valence-corrected chi connectivity index (χ3v) is 3.48. The first-order chi connectivity index (χ1) is 10.1. The molecule has 1 atom stereocenters. The van der Waals surface area contributed by atoms with Crippen molar-refractivity contribution >= 4 is 29.9 Å². The number of nitrogens with one attached hydrogen (secondary N) is 2. The average molecular weight is 419 g/mol. The summed E-state index contributed by atoms with van der Waals surface area (Å²) < 4.78 is 5.36. The molecule has 4 nitrogen and oxygen atoms in total. The molecule has 2 N–H and O–H groups in total. The molecular weight excluding hydrogens is 389 g/mol. The Labute approximate surface area is 152 Å². The van der Waals surface area contributed by atoms with Crippen LogP contribution in [-0.4, -0.2) is 32.2 Å². The third kappa shape index (κ3) is 7.33. The van der Waals surface area contributed by atoms with Crippen LogP contribution in [0.3, 0.4) is 0 Å². The van der Waals surface area contributed by atoms with Gasteiger partial charge in [-0.15, -0.1) is 24.0 Å². The van der Waals surface area contributed by atoms with Crippen LogP contribution in [-0.2, 0) is 6.42 Å². The predicted octanol–water partition coefficient (Wildman–Crippen LogP) is 3.52. The maximum Gasteiger partial charge on any atom is 0.191 e. The molecule has 0 saturated carbocycles. The maximum absolute atomic E-state index is 5.36. The lowest BCUT2D eigenvalue weighted by atomic mass is 10.1. The second-order valence-electron chi connectivity index (χ2n) is 5.27. The predicted molar refractivity (Wildman–Crippen MR) is 106 cm³/mol. The Kier molecular flexibility index (Phi) is 11.1. The molecule has 0 amide bonds. The number of methoxy groups -OCH3 is 1. The van der Waals surface area contributed by atoms with Crippen molar-refractivity contribution in [1.29, 1.82) is 0 Å². The number of benzene rings is 1. The van der Waals surface area contributed by atoms with E-state index in [9.17, 15) is 0 Å². The minimum absolute atomic E-state index is 0. The summed E-state index contributed by atoms with van der Waals surface area (Å²) in [6, 6.07) is 6.77. The van der Waals surface area contributed by atoms with Crippen molar-refractivity contribution in [2.75, 3.05) is 20.2 Å². The molecule has 1 aromatic rings. The maximum atomic E-state index is 5.36. The molecule has 1 unspecified atom stereocenters. The molecule has 0 aromatic heterocycles. The highest BCUT2D eigenvalue weighted by Crippen LogP contribution is 2.19.